The number of aromatic amines is 1. The van der Waals surface area contributed by atoms with E-state index in [1.807, 2.05) is 25.1 Å². The monoisotopic (exact) mass is 436 g/mol. The number of phenols is 1. The van der Waals surface area contributed by atoms with Crippen molar-refractivity contribution in [1.82, 2.24) is 19.9 Å². The Morgan fingerprint density at radius 1 is 1.19 bits per heavy atom. The number of carboxylic acid groups (broad SMARTS) is 1. The zero-order valence-electron chi connectivity index (χ0n) is 17.5. The van der Waals surface area contributed by atoms with E-state index in [0.717, 1.165) is 29.8 Å². The largest absolute Gasteiger partial charge is 0.507 e. The van der Waals surface area contributed by atoms with E-state index in [1.165, 1.54) is 6.07 Å². The third-order valence-electron chi connectivity index (χ3n) is 4.91. The summed E-state index contributed by atoms with van der Waals surface area (Å²) in [4.78, 5) is 24.8. The molecule has 0 bridgehead atoms. The number of benzene rings is 2. The number of nitrogens with one attached hydrogen (secondary N) is 1. The molecule has 0 spiro atoms. The van der Waals surface area contributed by atoms with Gasteiger partial charge in [0.1, 0.15) is 24.0 Å². The van der Waals surface area contributed by atoms with Crippen LogP contribution in [0, 0.1) is 5.82 Å². The maximum absolute atomic E-state index is 14.0. The van der Waals surface area contributed by atoms with Crippen molar-refractivity contribution in [2.75, 3.05) is 27.2 Å². The highest BCUT2D eigenvalue weighted by Crippen LogP contribution is 2.36. The van der Waals surface area contributed by atoms with Gasteiger partial charge < -0.3 is 24.8 Å². The number of hydrogen-bond acceptors (Lipinski definition) is 6. The maximum atomic E-state index is 14.0. The van der Waals surface area contributed by atoms with Gasteiger partial charge in [-0.15, -0.1) is 0 Å². The molecule has 3 N–H and O–H groups in total. The molecule has 32 heavy (non-hydrogen) atoms. The van der Waals surface area contributed by atoms with Crippen LogP contribution in [0.3, 0.4) is 0 Å². The topological polar surface area (TPSA) is 112 Å². The van der Waals surface area contributed by atoms with E-state index in [1.54, 1.807) is 24.4 Å². The second-order valence-corrected chi connectivity index (χ2v) is 7.48. The van der Waals surface area contributed by atoms with Crippen LogP contribution < -0.4 is 4.74 Å². The van der Waals surface area contributed by atoms with Crippen LogP contribution in [0.25, 0.3) is 33.5 Å². The van der Waals surface area contributed by atoms with Crippen molar-refractivity contribution in [2.45, 2.75) is 0 Å². The molecule has 0 fully saturated rings. The first kappa shape index (κ1) is 21.3. The number of phenolic OH excluding ortho intramolecular Hbond substituents is 1. The summed E-state index contributed by atoms with van der Waals surface area (Å²) in [6, 6.07) is 10.9. The van der Waals surface area contributed by atoms with Gasteiger partial charge in [0.2, 0.25) is 5.88 Å². The lowest BCUT2D eigenvalue weighted by Gasteiger charge is -2.13. The molecular weight excluding hydrogens is 415 g/mol. The number of likely N-dealkylation sites (N-methyl/N-ethyl adjacent to an activating group) is 1. The molecule has 2 aromatic carbocycles. The van der Waals surface area contributed by atoms with E-state index in [2.05, 4.69) is 15.0 Å². The minimum absolute atomic E-state index is 0.0364. The third-order valence-corrected chi connectivity index (χ3v) is 4.91. The SMILES string of the molecule is CN(C)CCOc1ncccc1-c1ccc(O)c(-c2nc3cc(C(=O)O)c(F)cc3[nH]2)c1. The molecule has 4 rings (SSSR count). The van der Waals surface area contributed by atoms with Gasteiger partial charge in [-0.25, -0.2) is 19.2 Å². The lowest BCUT2D eigenvalue weighted by Crippen LogP contribution is -2.19. The smallest absolute Gasteiger partial charge is 0.338 e. The number of fused-ring (bicyclic) bond motifs is 1. The number of carbonyl (C=O) groups is 1. The molecule has 0 saturated heterocycles. The van der Waals surface area contributed by atoms with Crippen LogP contribution >= 0.6 is 0 Å². The lowest BCUT2D eigenvalue weighted by molar-refractivity contribution is 0.0692. The number of H-pyrrole nitrogens is 1. The molecule has 0 radical (unpaired) electrons. The summed E-state index contributed by atoms with van der Waals surface area (Å²) >= 11 is 0. The van der Waals surface area contributed by atoms with Crippen LogP contribution in [-0.2, 0) is 0 Å². The van der Waals surface area contributed by atoms with Crippen LogP contribution in [-0.4, -0.2) is 63.3 Å². The van der Waals surface area contributed by atoms with Gasteiger partial charge in [0.15, 0.2) is 0 Å². The molecule has 0 aliphatic carbocycles. The Labute approximate surface area is 182 Å². The molecule has 0 amide bonds. The number of hydrogen-bond donors (Lipinski definition) is 3. The van der Waals surface area contributed by atoms with Gasteiger partial charge >= 0.3 is 5.97 Å². The quantitative estimate of drug-likeness (QED) is 0.404. The highest BCUT2D eigenvalue weighted by Gasteiger charge is 2.17. The fourth-order valence-corrected chi connectivity index (χ4v) is 3.27. The number of aromatic carboxylic acids is 1. The zero-order chi connectivity index (χ0) is 22.8. The number of pyridine rings is 1. The van der Waals surface area contributed by atoms with Gasteiger partial charge in [-0.2, -0.15) is 0 Å². The summed E-state index contributed by atoms with van der Waals surface area (Å²) < 4.78 is 19.9. The van der Waals surface area contributed by atoms with Crippen molar-refractivity contribution in [2.24, 2.45) is 0 Å². The fraction of sp³-hybridized carbons (Fsp3) is 0.174. The van der Waals surface area contributed by atoms with E-state index in [-0.39, 0.29) is 17.1 Å². The third kappa shape index (κ3) is 4.23. The predicted molar refractivity (Wildman–Crippen MR) is 117 cm³/mol. The molecule has 0 aliphatic rings. The standard InChI is InChI=1S/C23H21FN4O4/c1-28(2)8-9-32-22-14(4-3-7-25-22)13-5-6-20(29)16(10-13)21-26-18-11-15(23(30)31)17(24)12-19(18)27-21/h3-7,10-12,29H,8-9H2,1-2H3,(H,26,27)(H,30,31). The highest BCUT2D eigenvalue weighted by atomic mass is 19.1. The Hall–Kier alpha value is -3.98. The second-order valence-electron chi connectivity index (χ2n) is 7.48. The molecule has 0 aliphatic heterocycles. The van der Waals surface area contributed by atoms with E-state index in [0.29, 0.717) is 23.6 Å². The summed E-state index contributed by atoms with van der Waals surface area (Å²) in [6.45, 7) is 1.19. The Balaban J connectivity index is 1.74. The van der Waals surface area contributed by atoms with Gasteiger partial charge in [0, 0.05) is 24.4 Å². The summed E-state index contributed by atoms with van der Waals surface area (Å²) in [6.07, 6.45) is 1.64. The summed E-state index contributed by atoms with van der Waals surface area (Å²) in [5, 5.41) is 19.6. The molecule has 2 aromatic heterocycles. The zero-order valence-corrected chi connectivity index (χ0v) is 17.5. The number of nitrogens with zero attached hydrogens (tertiary/aromatic N) is 3. The number of carboxylic acids is 1. The molecule has 0 atom stereocenters. The lowest BCUT2D eigenvalue weighted by atomic mass is 10.0. The van der Waals surface area contributed by atoms with Gasteiger partial charge in [0.25, 0.3) is 0 Å². The van der Waals surface area contributed by atoms with Crippen LogP contribution in [0.4, 0.5) is 4.39 Å². The number of halogens is 1. The summed E-state index contributed by atoms with van der Waals surface area (Å²) in [5.41, 5.74) is 1.98. The fourth-order valence-electron chi connectivity index (χ4n) is 3.27. The number of ether oxygens (including phenoxy) is 1. The number of aromatic nitrogens is 3. The first-order chi connectivity index (χ1) is 15.3. The average Bonchev–Trinajstić information content (AvgIpc) is 3.16. The molecule has 0 unspecified atom stereocenters. The number of aromatic hydroxyl groups is 1. The normalized spacial score (nSPS) is 11.2. The number of imidazole rings is 1. The minimum Gasteiger partial charge on any atom is -0.507 e. The molecule has 8 nitrogen and oxygen atoms in total. The van der Waals surface area contributed by atoms with Crippen molar-refractivity contribution < 1.29 is 24.1 Å². The predicted octanol–water partition coefficient (Wildman–Crippen LogP) is 3.78. The van der Waals surface area contributed by atoms with Gasteiger partial charge in [-0.1, -0.05) is 6.07 Å². The average molecular weight is 436 g/mol. The number of rotatable bonds is 7. The van der Waals surface area contributed by atoms with Crippen LogP contribution in [0.2, 0.25) is 0 Å². The van der Waals surface area contributed by atoms with Gasteiger partial charge in [0.05, 0.1) is 22.2 Å². The molecule has 164 valence electrons. The van der Waals surface area contributed by atoms with Crippen molar-refractivity contribution >= 4 is 17.0 Å². The van der Waals surface area contributed by atoms with Crippen molar-refractivity contribution in [3.63, 3.8) is 0 Å². The molecule has 2 heterocycles. The highest BCUT2D eigenvalue weighted by molar-refractivity contribution is 5.93. The van der Waals surface area contributed by atoms with Crippen molar-refractivity contribution in [3.05, 3.63) is 60.0 Å². The minimum atomic E-state index is -1.38. The van der Waals surface area contributed by atoms with Gasteiger partial charge in [-0.3, -0.25) is 0 Å². The molecule has 9 heteroatoms. The Kier molecular flexibility index (Phi) is 5.74. The first-order valence-electron chi connectivity index (χ1n) is 9.82. The Morgan fingerprint density at radius 3 is 2.75 bits per heavy atom. The summed E-state index contributed by atoms with van der Waals surface area (Å²) in [7, 11) is 3.90. The van der Waals surface area contributed by atoms with Gasteiger partial charge in [-0.05, 0) is 50.0 Å². The van der Waals surface area contributed by atoms with E-state index in [4.69, 9.17) is 9.84 Å². The molecule has 4 aromatic rings. The van der Waals surface area contributed by atoms with Crippen LogP contribution in [0.5, 0.6) is 11.6 Å². The van der Waals surface area contributed by atoms with Crippen LogP contribution in [0.1, 0.15) is 10.4 Å². The van der Waals surface area contributed by atoms with Crippen LogP contribution in [0.15, 0.2) is 48.7 Å². The Bertz CT molecular complexity index is 1300. The summed E-state index contributed by atoms with van der Waals surface area (Å²) in [5.74, 6) is -1.54. The van der Waals surface area contributed by atoms with E-state index >= 15 is 0 Å². The first-order valence-corrected chi connectivity index (χ1v) is 9.82. The molecule has 0 saturated carbocycles. The Morgan fingerprint density at radius 2 is 2.00 bits per heavy atom. The van der Waals surface area contributed by atoms with Crippen molar-refractivity contribution in [1.29, 1.82) is 0 Å². The maximum Gasteiger partial charge on any atom is 0.338 e. The van der Waals surface area contributed by atoms with E-state index in [9.17, 15) is 14.3 Å². The van der Waals surface area contributed by atoms with Crippen molar-refractivity contribution in [3.8, 4) is 34.1 Å². The molecular formula is C23H21FN4O4. The second kappa shape index (κ2) is 8.64. The van der Waals surface area contributed by atoms with E-state index < -0.39 is 17.3 Å².